The van der Waals surface area contributed by atoms with Gasteiger partial charge < -0.3 is 89.6 Å². The van der Waals surface area contributed by atoms with Crippen LogP contribution in [0.15, 0.2) is 48.6 Å². The van der Waals surface area contributed by atoms with Crippen molar-refractivity contribution in [3.05, 3.63) is 54.1 Å². The molecule has 0 spiro atoms. The molecule has 21 atom stereocenters. The van der Waals surface area contributed by atoms with Gasteiger partial charge in [-0.05, 0) is 125 Å². The van der Waals surface area contributed by atoms with Gasteiger partial charge in [-0.3, -0.25) is 28.8 Å². The highest BCUT2D eigenvalue weighted by molar-refractivity contribution is 6.01. The Labute approximate surface area is 578 Å². The van der Waals surface area contributed by atoms with Crippen LogP contribution in [0.2, 0.25) is 0 Å². The van der Waals surface area contributed by atoms with Crippen molar-refractivity contribution in [3.63, 3.8) is 0 Å². The van der Waals surface area contributed by atoms with Crippen LogP contribution in [0.5, 0.6) is 0 Å². The standard InChI is InChI=1S/C71H103N7O21/c1-37(2)63(77-59(81)14-10-9-11-15-62(84)99-78-60(82)24-25-61(78)83)68(86)76-52(13-12-26-73-69(72)87)67(85)75-43-18-16-42(17-19-43)36-91-70(88)74-35-45(80)30-55-64(90-8)50(41(6)93-55)29-44(79)28-46-21-23-54-65(95-46)57-33-56(96-54)66-58(89-7)34-71(97-57,98-66)51-32-48-27-38(3)53(94-48)22-20-47-31-49(51)39(4)40(5)92-47/h16-19,37,40-41,45-58,63-66,80H,3-4,9-15,20-36H2,1-2,5-8H3,(H,74,88)(H,75,85)(H,76,86)(H,77,81)(H3,72,73,87)/t40-,41+,45+,46-,47+,48-,49-,50+,51?,52+,53+,54+,55-,56?,57-,58-,63+,64-,65+,66-,71+/m1/s1. The molecule has 1 aromatic carbocycles. The van der Waals surface area contributed by atoms with Crippen LogP contribution in [0.4, 0.5) is 15.3 Å². The van der Waals surface area contributed by atoms with Crippen LogP contribution >= 0.6 is 0 Å². The summed E-state index contributed by atoms with van der Waals surface area (Å²) in [4.78, 5) is 119. The summed E-state index contributed by atoms with van der Waals surface area (Å²) in [6, 6.07) is 3.55. The molecule has 9 saturated heterocycles. The molecule has 8 N–H and O–H groups in total. The number of ketones is 1. The van der Waals surface area contributed by atoms with E-state index in [1.807, 2.05) is 6.92 Å². The normalized spacial score (nSPS) is 33.4. The second kappa shape index (κ2) is 34.0. The number of nitrogens with one attached hydrogen (secondary N) is 5. The first-order valence-corrected chi connectivity index (χ1v) is 35.6. The summed E-state index contributed by atoms with van der Waals surface area (Å²) in [6.07, 6.45) is 2.62. The summed E-state index contributed by atoms with van der Waals surface area (Å²) in [6.45, 7) is 16.3. The van der Waals surface area contributed by atoms with Gasteiger partial charge in [-0.2, -0.15) is 0 Å². The van der Waals surface area contributed by atoms with Crippen molar-refractivity contribution in [2.24, 2.45) is 29.4 Å². The summed E-state index contributed by atoms with van der Waals surface area (Å²) >= 11 is 0. The average Bonchev–Trinajstić information content (AvgIpc) is 1.58. The van der Waals surface area contributed by atoms with Crippen molar-refractivity contribution >= 4 is 59.1 Å². The zero-order valence-electron chi connectivity index (χ0n) is 58.0. The zero-order valence-corrected chi connectivity index (χ0v) is 58.0. The number of alkyl carbamates (subject to hydrolysis) is 1. The predicted octanol–water partition coefficient (Wildman–Crippen LogP) is 5.47. The number of nitrogens with two attached hydrogens (primary N) is 1. The molecule has 0 radical (unpaired) electrons. The Morgan fingerprint density at radius 1 is 0.778 bits per heavy atom. The fourth-order valence-corrected chi connectivity index (χ4v) is 16.1. The lowest BCUT2D eigenvalue weighted by Crippen LogP contribution is -2.59. The fraction of sp³-hybridized carbons (Fsp3) is 0.732. The maximum atomic E-state index is 14.2. The van der Waals surface area contributed by atoms with Crippen LogP contribution in [0.3, 0.4) is 0 Å². The number of primary amides is 1. The number of hydroxylamine groups is 2. The van der Waals surface area contributed by atoms with E-state index in [-0.39, 0.29) is 174 Å². The molecule has 28 heteroatoms. The average molecular weight is 1390 g/mol. The van der Waals surface area contributed by atoms with Crippen LogP contribution in [0, 0.1) is 23.7 Å². The minimum atomic E-state index is -1.11. The molecule has 0 aromatic heterocycles. The third-order valence-corrected chi connectivity index (χ3v) is 21.3. The van der Waals surface area contributed by atoms with Gasteiger partial charge in [0.25, 0.3) is 11.8 Å². The van der Waals surface area contributed by atoms with Crippen molar-refractivity contribution < 1.29 is 100 Å². The number of aliphatic hydroxyl groups is 1. The number of carbonyl (C=O) groups excluding carboxylic acids is 9. The van der Waals surface area contributed by atoms with Crippen molar-refractivity contribution in [1.82, 2.24) is 26.3 Å². The molecule has 2 unspecified atom stereocenters. The van der Waals surface area contributed by atoms with E-state index in [9.17, 15) is 48.3 Å². The number of urea groups is 1. The third-order valence-electron chi connectivity index (χ3n) is 21.3. The topological polar surface area (TPSA) is 365 Å². The van der Waals surface area contributed by atoms with E-state index in [0.29, 0.717) is 67.7 Å². The number of carbonyl (C=O) groups is 9. The summed E-state index contributed by atoms with van der Waals surface area (Å²) < 4.78 is 65.7. The van der Waals surface area contributed by atoms with Crippen molar-refractivity contribution in [2.45, 2.75) is 279 Å². The Morgan fingerprint density at radius 2 is 1.54 bits per heavy atom. The van der Waals surface area contributed by atoms with E-state index in [0.717, 1.165) is 36.8 Å². The molecule has 1 aromatic rings. The Kier molecular flexibility index (Phi) is 25.8. The SMILES string of the molecule is C=C1C[C@@H]2CC([C@]34C[C@@H](OC)[C@H](O3)C3C[C@@H](O4)[C@H]4O[C@@H](CC(=O)C[C@@H]5[C@@H](OC)[C@@H](C[C@H](O)CNC(=O)OCc6ccc(NC(=O)[C@H](CCCNC(N)=O)NC(=O)[C@@H](NC(=O)CCCCCC(=O)ON7C(=O)CCC7=O)C(C)C)cc6)O[C@H]5C)CC[C@@H]4O3)[C@@H]3C[C@H](CC[C@@H]1O2)O[C@H](C)C3=C. The molecule has 99 heavy (non-hydrogen) atoms. The molecule has 9 aliphatic heterocycles. The second-order valence-electron chi connectivity index (χ2n) is 28.7. The minimum Gasteiger partial charge on any atom is -0.445 e. The molecule has 9 fully saturated rings. The number of hydrogen-bond acceptors (Lipinski definition) is 21. The number of unbranched alkanes of at least 4 members (excludes halogenated alkanes) is 2. The summed E-state index contributed by atoms with van der Waals surface area (Å²) in [7, 11) is 3.29. The monoisotopic (exact) mass is 1390 g/mol. The van der Waals surface area contributed by atoms with Gasteiger partial charge >= 0.3 is 18.1 Å². The Morgan fingerprint density at radius 3 is 2.26 bits per heavy atom. The van der Waals surface area contributed by atoms with Crippen molar-refractivity contribution in [2.75, 3.05) is 32.6 Å². The highest BCUT2D eigenvalue weighted by Gasteiger charge is 2.64. The first-order chi connectivity index (χ1) is 47.4. The fourth-order valence-electron chi connectivity index (χ4n) is 16.1. The molecule has 0 saturated carbocycles. The van der Waals surface area contributed by atoms with Crippen LogP contribution < -0.4 is 32.3 Å². The molecular weight excluding hydrogens is 1290 g/mol. The third kappa shape index (κ3) is 19.0. The summed E-state index contributed by atoms with van der Waals surface area (Å²) in [5.74, 6) is -5.30. The Balaban J connectivity index is 0.655. The van der Waals surface area contributed by atoms with Gasteiger partial charge in [0.05, 0.1) is 79.4 Å². The van der Waals surface area contributed by atoms with Crippen LogP contribution in [0.1, 0.15) is 168 Å². The number of amides is 8. The number of imide groups is 1. The van der Waals surface area contributed by atoms with E-state index >= 15 is 0 Å². The van der Waals surface area contributed by atoms with E-state index < -0.39 is 89.9 Å². The number of fused-ring (bicyclic) bond motifs is 11. The number of aliphatic hydroxyl groups excluding tert-OH is 1. The maximum absolute atomic E-state index is 14.2. The highest BCUT2D eigenvalue weighted by Crippen LogP contribution is 2.56. The van der Waals surface area contributed by atoms with E-state index in [2.05, 4.69) is 46.7 Å². The summed E-state index contributed by atoms with van der Waals surface area (Å²) in [5.41, 5.74) is 8.32. The largest absolute Gasteiger partial charge is 0.445 e. The Hall–Kier alpha value is -6.47. The number of anilines is 1. The number of Topliss-reactive ketones (excluding diaryl/α,β-unsaturated/α-hetero) is 1. The zero-order chi connectivity index (χ0) is 70.8. The van der Waals surface area contributed by atoms with Crippen LogP contribution in [-0.4, -0.2) is 200 Å². The highest BCUT2D eigenvalue weighted by atomic mass is 16.7. The van der Waals surface area contributed by atoms with Crippen molar-refractivity contribution in [1.29, 1.82) is 0 Å². The second-order valence-corrected chi connectivity index (χ2v) is 28.7. The van der Waals surface area contributed by atoms with Gasteiger partial charge in [0, 0.05) is 103 Å². The predicted molar refractivity (Wildman–Crippen MR) is 353 cm³/mol. The van der Waals surface area contributed by atoms with Gasteiger partial charge in [-0.15, -0.1) is 5.06 Å². The minimum absolute atomic E-state index is 0.00396. The first-order valence-electron chi connectivity index (χ1n) is 35.6. The molecule has 9 aliphatic rings. The Bertz CT molecular complexity index is 3070. The van der Waals surface area contributed by atoms with E-state index in [4.69, 9.17) is 57.9 Å². The number of ether oxygens (including phenoxy) is 10. The van der Waals surface area contributed by atoms with Gasteiger partial charge in [-0.25, -0.2) is 14.4 Å². The number of hydrogen-bond donors (Lipinski definition) is 7. The number of methoxy groups -OCH3 is 2. The lowest BCUT2D eigenvalue weighted by atomic mass is 9.70. The lowest BCUT2D eigenvalue weighted by Gasteiger charge is -2.50. The maximum Gasteiger partial charge on any atom is 0.407 e. The van der Waals surface area contributed by atoms with Gasteiger partial charge in [0.2, 0.25) is 17.7 Å². The number of nitrogens with zero attached hydrogens (tertiary/aromatic N) is 1. The molecule has 10 rings (SSSR count). The molecular formula is C71H103N7O21. The molecule has 0 aliphatic carbocycles. The van der Waals surface area contributed by atoms with Gasteiger partial charge in [0.15, 0.2) is 5.79 Å². The lowest BCUT2D eigenvalue weighted by molar-refractivity contribution is -0.301. The van der Waals surface area contributed by atoms with Gasteiger partial charge in [0.1, 0.15) is 36.7 Å². The number of rotatable bonds is 30. The molecule has 8 bridgehead atoms. The van der Waals surface area contributed by atoms with E-state index in [1.165, 1.54) is 0 Å². The molecule has 9 heterocycles. The molecule has 28 nitrogen and oxygen atoms in total. The number of benzene rings is 1. The van der Waals surface area contributed by atoms with Crippen molar-refractivity contribution in [3.8, 4) is 0 Å². The smallest absolute Gasteiger partial charge is 0.407 e. The molecule has 548 valence electrons. The first kappa shape index (κ1) is 75.2. The summed E-state index contributed by atoms with van der Waals surface area (Å²) in [5, 5.41) is 25.0. The van der Waals surface area contributed by atoms with Gasteiger partial charge in [-0.1, -0.05) is 45.6 Å². The van der Waals surface area contributed by atoms with E-state index in [1.54, 1.807) is 52.3 Å². The van der Waals surface area contributed by atoms with Crippen LogP contribution in [-0.2, 0) is 92.4 Å². The quantitative estimate of drug-likeness (QED) is 0.0285. The molecule has 8 amide bonds. The van der Waals surface area contributed by atoms with Crippen LogP contribution in [0.25, 0.3) is 0 Å².